The van der Waals surface area contributed by atoms with Crippen molar-refractivity contribution in [3.8, 4) is 11.1 Å². The average molecular weight is 717 g/mol. The zero-order valence-corrected chi connectivity index (χ0v) is 35.1. The Kier molecular flexibility index (Phi) is 23.3. The van der Waals surface area contributed by atoms with Gasteiger partial charge in [0.05, 0.1) is 0 Å². The highest BCUT2D eigenvalue weighted by Gasteiger charge is 2.42. The Hall–Kier alpha value is -1.08. The highest BCUT2D eigenvalue weighted by Crippen LogP contribution is 2.54. The van der Waals surface area contributed by atoms with Gasteiger partial charge >= 0.3 is 0 Å². The van der Waals surface area contributed by atoms with Gasteiger partial charge in [-0.2, -0.15) is 0 Å². The largest absolute Gasteiger partial charge is 0.358 e. The molecular weight excluding hydrogens is 649 g/mol. The van der Waals surface area contributed by atoms with E-state index in [0.717, 1.165) is 46.3 Å². The number of fused-ring (bicyclic) bond motifs is 3. The summed E-state index contributed by atoms with van der Waals surface area (Å²) in [4.78, 5) is 4.59. The molecule has 1 aliphatic rings. The number of nitrogens with zero attached hydrogens (tertiary/aromatic N) is 2. The van der Waals surface area contributed by atoms with Gasteiger partial charge in [0.1, 0.15) is 8.64 Å². The number of hydrogen-bond donors (Lipinski definition) is 0. The summed E-state index contributed by atoms with van der Waals surface area (Å²) in [6.07, 6.45) is 12.5. The first-order chi connectivity index (χ1) is 22.6. The second-order valence-electron chi connectivity index (χ2n) is 12.8. The van der Waals surface area contributed by atoms with Crippen LogP contribution in [0.4, 0.5) is 0 Å². The van der Waals surface area contributed by atoms with Crippen molar-refractivity contribution in [2.75, 3.05) is 37.7 Å². The van der Waals surface area contributed by atoms with Crippen LogP contribution in [-0.4, -0.2) is 56.1 Å². The molecule has 266 valence electrons. The van der Waals surface area contributed by atoms with Gasteiger partial charge in [0, 0.05) is 43.1 Å². The van der Waals surface area contributed by atoms with Gasteiger partial charge in [-0.15, -0.1) is 0 Å². The van der Waals surface area contributed by atoms with Gasteiger partial charge < -0.3 is 9.80 Å². The second-order valence-corrected chi connectivity index (χ2v) is 16.2. The molecule has 0 N–H and O–H groups in total. The lowest BCUT2D eigenvalue weighted by atomic mass is 9.70. The lowest BCUT2D eigenvalue weighted by Crippen LogP contribution is -2.27. The van der Waals surface area contributed by atoms with Gasteiger partial charge in [-0.05, 0) is 89.5 Å². The Morgan fingerprint density at radius 3 is 1.21 bits per heavy atom. The summed E-state index contributed by atoms with van der Waals surface area (Å²) in [7, 11) is 0. The number of rotatable bonds is 16. The first kappa shape index (κ1) is 43.9. The monoisotopic (exact) mass is 716 g/mol. The van der Waals surface area contributed by atoms with Crippen molar-refractivity contribution in [2.45, 2.75) is 139 Å². The molecule has 0 bridgehead atoms. The molecule has 0 spiro atoms. The Labute approximate surface area is 311 Å². The SMILES string of the molecule is CCC.CCC.CCN(CC)C(=S)SCCCCCC1(CCCCCSC(=S)N(CC)CC)c2cc(C)ccc2-c2ccc(C)cc21. The molecule has 0 radical (unpaired) electrons. The first-order valence-electron chi connectivity index (χ1n) is 18.7. The number of unbranched alkanes of at least 4 members (excludes halogenated alkanes) is 4. The van der Waals surface area contributed by atoms with Crippen LogP contribution in [0.1, 0.15) is 142 Å². The molecule has 2 nitrogen and oxygen atoms in total. The zero-order chi connectivity index (χ0) is 35.2. The summed E-state index contributed by atoms with van der Waals surface area (Å²) in [6, 6.07) is 14.4. The molecule has 0 saturated carbocycles. The average Bonchev–Trinajstić information content (AvgIpc) is 3.30. The quantitative estimate of drug-likeness (QED) is 0.125. The maximum atomic E-state index is 5.66. The van der Waals surface area contributed by atoms with Crippen LogP contribution in [0.15, 0.2) is 36.4 Å². The normalized spacial score (nSPS) is 12.2. The van der Waals surface area contributed by atoms with E-state index in [9.17, 15) is 0 Å². The molecule has 2 aromatic carbocycles. The summed E-state index contributed by atoms with van der Waals surface area (Å²) in [5.41, 5.74) is 8.95. The van der Waals surface area contributed by atoms with Gasteiger partial charge in [0.25, 0.3) is 0 Å². The lowest BCUT2D eigenvalue weighted by Gasteiger charge is -2.33. The van der Waals surface area contributed by atoms with Crippen molar-refractivity contribution in [3.05, 3.63) is 58.7 Å². The Balaban J connectivity index is 0.00000171. The minimum absolute atomic E-state index is 0.121. The summed E-state index contributed by atoms with van der Waals surface area (Å²) in [5.74, 6) is 2.25. The van der Waals surface area contributed by atoms with Crippen LogP contribution < -0.4 is 0 Å². The third kappa shape index (κ3) is 14.0. The van der Waals surface area contributed by atoms with E-state index in [1.54, 1.807) is 11.1 Å². The lowest BCUT2D eigenvalue weighted by molar-refractivity contribution is 0.405. The molecule has 0 atom stereocenters. The molecule has 0 aromatic heterocycles. The number of aryl methyl sites for hydroxylation is 2. The molecule has 6 heteroatoms. The molecule has 1 aliphatic carbocycles. The highest BCUT2D eigenvalue weighted by atomic mass is 32.2. The molecule has 0 fully saturated rings. The van der Waals surface area contributed by atoms with Crippen LogP contribution in [0.2, 0.25) is 0 Å². The fourth-order valence-electron chi connectivity index (χ4n) is 6.26. The van der Waals surface area contributed by atoms with E-state index >= 15 is 0 Å². The van der Waals surface area contributed by atoms with Gasteiger partial charge in [-0.3, -0.25) is 0 Å². The molecular formula is C41H68N2S4. The van der Waals surface area contributed by atoms with Crippen molar-refractivity contribution < 1.29 is 0 Å². The maximum Gasteiger partial charge on any atom is 0.136 e. The fourth-order valence-corrected chi connectivity index (χ4v) is 9.21. The van der Waals surface area contributed by atoms with Crippen molar-refractivity contribution in [2.24, 2.45) is 0 Å². The third-order valence-corrected chi connectivity index (χ3v) is 11.9. The van der Waals surface area contributed by atoms with E-state index in [1.165, 1.54) is 86.5 Å². The van der Waals surface area contributed by atoms with E-state index in [-0.39, 0.29) is 5.41 Å². The molecule has 47 heavy (non-hydrogen) atoms. The van der Waals surface area contributed by atoms with Crippen molar-refractivity contribution in [3.63, 3.8) is 0 Å². The summed E-state index contributed by atoms with van der Waals surface area (Å²) < 4.78 is 2.12. The third-order valence-electron chi connectivity index (χ3n) is 8.66. The Morgan fingerprint density at radius 1 is 0.553 bits per heavy atom. The standard InChI is InChI=1S/C35H52N2S4.2C3H8/c1-7-36(8-2)33(38)40-23-15-11-13-21-35(22-14-12-16-24-41-34(39)37(9-3)10-4)31-25-27(5)17-19-29(31)30-20-18-28(6)26-32(30)35;2*1-3-2/h17-20,25-26H,7-16,21-24H2,1-6H3;2*3H2,1-2H3. The van der Waals surface area contributed by atoms with E-state index in [1.807, 2.05) is 23.5 Å². The van der Waals surface area contributed by atoms with Crippen molar-refractivity contribution >= 4 is 56.6 Å². The smallest absolute Gasteiger partial charge is 0.136 e. The Bertz CT molecular complexity index is 1080. The summed E-state index contributed by atoms with van der Waals surface area (Å²) in [5, 5.41) is 0. The van der Waals surface area contributed by atoms with Gasteiger partial charge in [-0.1, -0.05) is 162 Å². The second kappa shape index (κ2) is 25.0. The van der Waals surface area contributed by atoms with E-state index in [4.69, 9.17) is 24.4 Å². The number of thiocarbonyl (C=S) groups is 2. The molecule has 2 aromatic rings. The Morgan fingerprint density at radius 2 is 0.894 bits per heavy atom. The zero-order valence-electron chi connectivity index (χ0n) is 31.8. The number of hydrogen-bond acceptors (Lipinski definition) is 4. The molecule has 0 saturated heterocycles. The molecule has 0 aliphatic heterocycles. The highest BCUT2D eigenvalue weighted by molar-refractivity contribution is 8.23. The van der Waals surface area contributed by atoms with Crippen LogP contribution >= 0.6 is 48.0 Å². The van der Waals surface area contributed by atoms with E-state index in [0.29, 0.717) is 0 Å². The molecule has 0 amide bonds. The van der Waals surface area contributed by atoms with Gasteiger partial charge in [0.15, 0.2) is 0 Å². The minimum Gasteiger partial charge on any atom is -0.358 e. The van der Waals surface area contributed by atoms with Gasteiger partial charge in [-0.25, -0.2) is 0 Å². The van der Waals surface area contributed by atoms with Crippen LogP contribution in [-0.2, 0) is 5.41 Å². The predicted molar refractivity (Wildman–Crippen MR) is 227 cm³/mol. The van der Waals surface area contributed by atoms with Crippen LogP contribution in [0.3, 0.4) is 0 Å². The minimum atomic E-state index is 0.121. The molecule has 0 unspecified atom stereocenters. The number of thioether (sulfide) groups is 2. The molecule has 3 rings (SSSR count). The van der Waals surface area contributed by atoms with Crippen LogP contribution in [0.5, 0.6) is 0 Å². The summed E-state index contributed by atoms with van der Waals surface area (Å²) in [6.45, 7) is 25.8. The number of benzene rings is 2. The van der Waals surface area contributed by atoms with Crippen LogP contribution in [0.25, 0.3) is 11.1 Å². The van der Waals surface area contributed by atoms with Crippen LogP contribution in [0, 0.1) is 13.8 Å². The van der Waals surface area contributed by atoms with Gasteiger partial charge in [0.2, 0.25) is 0 Å². The topological polar surface area (TPSA) is 6.48 Å². The summed E-state index contributed by atoms with van der Waals surface area (Å²) >= 11 is 15.1. The fraction of sp³-hybridized carbons (Fsp3) is 0.659. The first-order valence-corrected chi connectivity index (χ1v) is 21.5. The molecule has 0 heterocycles. The maximum absolute atomic E-state index is 5.66. The van der Waals surface area contributed by atoms with E-state index < -0.39 is 0 Å². The van der Waals surface area contributed by atoms with Crippen molar-refractivity contribution in [1.82, 2.24) is 9.80 Å². The van der Waals surface area contributed by atoms with E-state index in [2.05, 4.69) is 115 Å². The predicted octanol–water partition coefficient (Wildman–Crippen LogP) is 13.2. The van der Waals surface area contributed by atoms with Crippen molar-refractivity contribution in [1.29, 1.82) is 0 Å².